The van der Waals surface area contributed by atoms with Crippen molar-refractivity contribution in [1.82, 2.24) is 9.29 Å². The Morgan fingerprint density at radius 2 is 1.74 bits per heavy atom. The lowest BCUT2D eigenvalue weighted by Crippen LogP contribution is -2.41. The topological polar surface area (TPSA) is 70.2 Å². The lowest BCUT2D eigenvalue weighted by molar-refractivity contribution is 0.271. The molecule has 0 radical (unpaired) electrons. The van der Waals surface area contributed by atoms with Crippen molar-refractivity contribution in [3.8, 4) is 0 Å². The lowest BCUT2D eigenvalue weighted by atomic mass is 9.92. The summed E-state index contributed by atoms with van der Waals surface area (Å²) in [6, 6.07) is 3.42. The third-order valence-electron chi connectivity index (χ3n) is 5.26. The molecular formula is C17H26N2O3S. The quantitative estimate of drug-likeness (QED) is 0.894. The summed E-state index contributed by atoms with van der Waals surface area (Å²) in [5.41, 5.74) is 1.04. The Morgan fingerprint density at radius 3 is 2.35 bits per heavy atom. The number of nitrogens with one attached hydrogen (secondary N) is 1. The molecule has 5 nitrogen and oxygen atoms in total. The molecule has 3 rings (SSSR count). The third-order valence-corrected chi connectivity index (χ3v) is 7.31. The molecular weight excluding hydrogens is 312 g/mol. The summed E-state index contributed by atoms with van der Waals surface area (Å²) in [5, 5.41) is 0. The Kier molecular flexibility index (Phi) is 5.21. The Hall–Kier alpha value is -1.14. The highest BCUT2D eigenvalue weighted by Crippen LogP contribution is 2.29. The molecule has 2 fully saturated rings. The van der Waals surface area contributed by atoms with E-state index in [1.807, 2.05) is 6.07 Å². The number of aromatic nitrogens is 1. The van der Waals surface area contributed by atoms with Gasteiger partial charge in [-0.1, -0.05) is 18.9 Å². The van der Waals surface area contributed by atoms with Crippen molar-refractivity contribution in [1.29, 1.82) is 0 Å². The van der Waals surface area contributed by atoms with Crippen LogP contribution in [0.3, 0.4) is 0 Å². The van der Waals surface area contributed by atoms with Crippen molar-refractivity contribution in [2.24, 2.45) is 11.8 Å². The van der Waals surface area contributed by atoms with E-state index in [0.717, 1.165) is 37.7 Å². The number of hydrogen-bond donors (Lipinski definition) is 1. The van der Waals surface area contributed by atoms with E-state index in [1.165, 1.54) is 12.8 Å². The predicted octanol–water partition coefficient (Wildman–Crippen LogP) is 2.15. The summed E-state index contributed by atoms with van der Waals surface area (Å²) in [6.07, 6.45) is 9.00. The van der Waals surface area contributed by atoms with Gasteiger partial charge in [-0.05, 0) is 49.5 Å². The van der Waals surface area contributed by atoms with E-state index in [-0.39, 0.29) is 5.56 Å². The minimum absolute atomic E-state index is 0.0819. The van der Waals surface area contributed by atoms with Crippen LogP contribution < -0.4 is 5.56 Å². The normalized spacial score (nSPS) is 21.7. The van der Waals surface area contributed by atoms with E-state index in [0.29, 0.717) is 30.7 Å². The Bertz CT molecular complexity index is 649. The van der Waals surface area contributed by atoms with Crippen LogP contribution in [-0.4, -0.2) is 36.5 Å². The average Bonchev–Trinajstić information content (AvgIpc) is 3.02. The average molecular weight is 338 g/mol. The zero-order valence-corrected chi connectivity index (χ0v) is 14.4. The second-order valence-electron chi connectivity index (χ2n) is 7.04. The van der Waals surface area contributed by atoms with Crippen LogP contribution in [0.5, 0.6) is 0 Å². The van der Waals surface area contributed by atoms with Crippen LogP contribution >= 0.6 is 0 Å². The molecule has 128 valence electrons. The number of aromatic amines is 1. The molecule has 1 aromatic heterocycles. The number of nitrogens with zero attached hydrogens (tertiary/aromatic N) is 1. The van der Waals surface area contributed by atoms with Crippen LogP contribution in [0.15, 0.2) is 23.1 Å². The second-order valence-corrected chi connectivity index (χ2v) is 9.05. The number of piperidine rings is 1. The summed E-state index contributed by atoms with van der Waals surface area (Å²) in [7, 11) is -3.08. The molecule has 6 heteroatoms. The summed E-state index contributed by atoms with van der Waals surface area (Å²) in [5.74, 6) is 1.22. The number of hydrogen-bond acceptors (Lipinski definition) is 3. The first-order valence-electron chi connectivity index (χ1n) is 8.68. The van der Waals surface area contributed by atoms with Gasteiger partial charge in [-0.2, -0.15) is 0 Å². The molecule has 0 bridgehead atoms. The first-order valence-corrected chi connectivity index (χ1v) is 10.3. The summed E-state index contributed by atoms with van der Waals surface area (Å²) in [6.45, 7) is 1.28. The largest absolute Gasteiger partial charge is 0.329 e. The minimum Gasteiger partial charge on any atom is -0.329 e. The first kappa shape index (κ1) is 16.7. The van der Waals surface area contributed by atoms with Crippen molar-refractivity contribution in [2.75, 3.05) is 18.8 Å². The fourth-order valence-electron chi connectivity index (χ4n) is 3.87. The predicted molar refractivity (Wildman–Crippen MR) is 90.8 cm³/mol. The molecule has 1 saturated carbocycles. The van der Waals surface area contributed by atoms with E-state index in [2.05, 4.69) is 4.98 Å². The standard InChI is InChI=1S/C17H26N2O3S/c20-17-6-5-16(12-18-17)11-14-7-9-19(10-8-14)23(21,22)13-15-3-1-2-4-15/h5-6,12,14-15H,1-4,7-11,13H2,(H,18,20). The van der Waals surface area contributed by atoms with Gasteiger partial charge in [0.15, 0.2) is 0 Å². The van der Waals surface area contributed by atoms with Gasteiger partial charge in [-0.25, -0.2) is 12.7 Å². The van der Waals surface area contributed by atoms with Crippen molar-refractivity contribution in [2.45, 2.75) is 44.9 Å². The SMILES string of the molecule is O=c1ccc(CC2CCN(S(=O)(=O)CC3CCCC3)CC2)c[nH]1. The van der Waals surface area contributed by atoms with E-state index < -0.39 is 10.0 Å². The fraction of sp³-hybridized carbons (Fsp3) is 0.706. The van der Waals surface area contributed by atoms with Crippen LogP contribution in [-0.2, 0) is 16.4 Å². The van der Waals surface area contributed by atoms with E-state index >= 15 is 0 Å². The van der Waals surface area contributed by atoms with Crippen LogP contribution in [0.25, 0.3) is 0 Å². The Morgan fingerprint density at radius 1 is 1.04 bits per heavy atom. The molecule has 1 aromatic rings. The zero-order chi connectivity index (χ0) is 16.3. The zero-order valence-electron chi connectivity index (χ0n) is 13.5. The van der Waals surface area contributed by atoms with Crippen molar-refractivity contribution >= 4 is 10.0 Å². The van der Waals surface area contributed by atoms with Gasteiger partial charge in [-0.15, -0.1) is 0 Å². The summed E-state index contributed by atoms with van der Waals surface area (Å²) >= 11 is 0. The van der Waals surface area contributed by atoms with Crippen LogP contribution in [0.4, 0.5) is 0 Å². The maximum absolute atomic E-state index is 12.5. The molecule has 0 unspecified atom stereocenters. The second kappa shape index (κ2) is 7.18. The molecule has 1 N–H and O–H groups in total. The Labute approximate surface area is 138 Å². The lowest BCUT2D eigenvalue weighted by Gasteiger charge is -2.32. The molecule has 0 aromatic carbocycles. The first-order chi connectivity index (χ1) is 11.0. The van der Waals surface area contributed by atoms with E-state index in [9.17, 15) is 13.2 Å². The smallest absolute Gasteiger partial charge is 0.247 e. The highest BCUT2D eigenvalue weighted by Gasteiger charge is 2.31. The van der Waals surface area contributed by atoms with Gasteiger partial charge in [0.05, 0.1) is 5.75 Å². The monoisotopic (exact) mass is 338 g/mol. The van der Waals surface area contributed by atoms with Gasteiger partial charge in [0.2, 0.25) is 15.6 Å². The van der Waals surface area contributed by atoms with E-state index in [4.69, 9.17) is 0 Å². The molecule has 1 aliphatic heterocycles. The fourth-order valence-corrected chi connectivity index (χ4v) is 5.78. The molecule has 1 saturated heterocycles. The minimum atomic E-state index is -3.08. The molecule has 0 atom stereocenters. The molecule has 2 aliphatic rings. The van der Waals surface area contributed by atoms with Gasteiger partial charge in [0, 0.05) is 25.4 Å². The maximum Gasteiger partial charge on any atom is 0.247 e. The molecule has 0 amide bonds. The molecule has 0 spiro atoms. The number of rotatable bonds is 5. The van der Waals surface area contributed by atoms with Crippen molar-refractivity contribution in [3.05, 3.63) is 34.2 Å². The van der Waals surface area contributed by atoms with Crippen LogP contribution in [0, 0.1) is 11.8 Å². The van der Waals surface area contributed by atoms with Gasteiger partial charge in [0.25, 0.3) is 0 Å². The van der Waals surface area contributed by atoms with E-state index in [1.54, 1.807) is 16.6 Å². The molecule has 2 heterocycles. The van der Waals surface area contributed by atoms with Gasteiger partial charge >= 0.3 is 0 Å². The number of sulfonamides is 1. The van der Waals surface area contributed by atoms with Crippen molar-refractivity contribution < 1.29 is 8.42 Å². The number of pyridine rings is 1. The highest BCUT2D eigenvalue weighted by molar-refractivity contribution is 7.89. The van der Waals surface area contributed by atoms with Crippen molar-refractivity contribution in [3.63, 3.8) is 0 Å². The maximum atomic E-state index is 12.5. The Balaban J connectivity index is 1.51. The molecule has 1 aliphatic carbocycles. The highest BCUT2D eigenvalue weighted by atomic mass is 32.2. The summed E-state index contributed by atoms with van der Waals surface area (Å²) in [4.78, 5) is 13.8. The van der Waals surface area contributed by atoms with Gasteiger partial charge in [0.1, 0.15) is 0 Å². The van der Waals surface area contributed by atoms with Crippen LogP contribution in [0.2, 0.25) is 0 Å². The molecule has 23 heavy (non-hydrogen) atoms. The van der Waals surface area contributed by atoms with Gasteiger partial charge in [-0.3, -0.25) is 4.79 Å². The van der Waals surface area contributed by atoms with Crippen LogP contribution in [0.1, 0.15) is 44.1 Å². The van der Waals surface area contributed by atoms with Gasteiger partial charge < -0.3 is 4.98 Å². The summed E-state index contributed by atoms with van der Waals surface area (Å²) < 4.78 is 26.8. The third kappa shape index (κ3) is 4.44. The number of H-pyrrole nitrogens is 1.